The Balaban J connectivity index is 0.00000208. The number of rotatable bonds is 4. The van der Waals surface area contributed by atoms with Crippen LogP contribution in [0.5, 0.6) is 11.5 Å². The molecule has 1 unspecified atom stereocenters. The van der Waals surface area contributed by atoms with E-state index in [9.17, 15) is 4.79 Å². The Morgan fingerprint density at radius 2 is 1.96 bits per heavy atom. The first kappa shape index (κ1) is 19.3. The van der Waals surface area contributed by atoms with Crippen LogP contribution in [0, 0.1) is 5.92 Å². The van der Waals surface area contributed by atoms with Gasteiger partial charge in [0.1, 0.15) is 13.2 Å². The van der Waals surface area contributed by atoms with Gasteiger partial charge in [-0.05, 0) is 46.8 Å². The molecule has 1 amide bonds. The summed E-state index contributed by atoms with van der Waals surface area (Å²) in [5.74, 6) is 1.65. The van der Waals surface area contributed by atoms with Crippen molar-refractivity contribution in [3.05, 3.63) is 22.2 Å². The van der Waals surface area contributed by atoms with Crippen LogP contribution in [-0.2, 0) is 0 Å². The van der Waals surface area contributed by atoms with Gasteiger partial charge in [-0.1, -0.05) is 19.3 Å². The van der Waals surface area contributed by atoms with Gasteiger partial charge in [0.15, 0.2) is 11.5 Å². The zero-order valence-electron chi connectivity index (χ0n) is 13.6. The lowest BCUT2D eigenvalue weighted by Crippen LogP contribution is -2.45. The molecule has 3 N–H and O–H groups in total. The number of benzene rings is 1. The lowest BCUT2D eigenvalue weighted by molar-refractivity contribution is 0.0914. The van der Waals surface area contributed by atoms with E-state index < -0.39 is 0 Å². The van der Waals surface area contributed by atoms with Crippen LogP contribution < -0.4 is 20.5 Å². The van der Waals surface area contributed by atoms with Gasteiger partial charge in [-0.3, -0.25) is 4.79 Å². The van der Waals surface area contributed by atoms with E-state index in [0.29, 0.717) is 42.7 Å². The number of fused-ring (bicyclic) bond motifs is 1. The molecule has 3 rings (SSSR count). The molecule has 1 fully saturated rings. The van der Waals surface area contributed by atoms with E-state index in [1.54, 1.807) is 12.1 Å². The van der Waals surface area contributed by atoms with E-state index in [0.717, 1.165) is 17.3 Å². The third-order valence-electron chi connectivity index (χ3n) is 4.65. The summed E-state index contributed by atoms with van der Waals surface area (Å²) in [6.45, 7) is 1.49. The zero-order chi connectivity index (χ0) is 16.2. The maximum atomic E-state index is 12.6. The molecule has 134 valence electrons. The van der Waals surface area contributed by atoms with Crippen LogP contribution in [0.4, 0.5) is 0 Å². The highest BCUT2D eigenvalue weighted by Crippen LogP contribution is 2.38. The van der Waals surface area contributed by atoms with Crippen LogP contribution in [0.1, 0.15) is 42.5 Å². The standard InChI is InChI=1S/C17H23BrN2O3.ClH/c18-13-8-12(9-15-16(13)23-7-6-22-15)17(21)20-14(10-19)11-4-2-1-3-5-11;/h8-9,11,14H,1-7,10,19H2,(H,20,21);1H. The van der Waals surface area contributed by atoms with Gasteiger partial charge in [-0.15, -0.1) is 12.4 Å². The zero-order valence-corrected chi connectivity index (χ0v) is 16.0. The number of hydrogen-bond donors (Lipinski definition) is 2. The van der Waals surface area contributed by atoms with Crippen molar-refractivity contribution in [2.45, 2.75) is 38.1 Å². The summed E-state index contributed by atoms with van der Waals surface area (Å²) < 4.78 is 11.9. The number of hydrogen-bond acceptors (Lipinski definition) is 4. The van der Waals surface area contributed by atoms with Crippen LogP contribution in [0.2, 0.25) is 0 Å². The van der Waals surface area contributed by atoms with E-state index in [4.69, 9.17) is 15.2 Å². The number of carbonyl (C=O) groups excluding carboxylic acids is 1. The monoisotopic (exact) mass is 418 g/mol. The smallest absolute Gasteiger partial charge is 0.251 e. The Morgan fingerprint density at radius 3 is 2.67 bits per heavy atom. The molecule has 2 aliphatic rings. The van der Waals surface area contributed by atoms with Gasteiger partial charge in [0, 0.05) is 18.2 Å². The highest BCUT2D eigenvalue weighted by molar-refractivity contribution is 9.10. The molecule has 0 spiro atoms. The second kappa shape index (κ2) is 8.92. The van der Waals surface area contributed by atoms with Crippen LogP contribution in [0.25, 0.3) is 0 Å². The second-order valence-electron chi connectivity index (χ2n) is 6.20. The van der Waals surface area contributed by atoms with E-state index in [-0.39, 0.29) is 24.4 Å². The fourth-order valence-corrected chi connectivity index (χ4v) is 3.96. The number of halogens is 2. The van der Waals surface area contributed by atoms with Gasteiger partial charge < -0.3 is 20.5 Å². The van der Waals surface area contributed by atoms with Crippen LogP contribution in [-0.4, -0.2) is 31.7 Å². The maximum Gasteiger partial charge on any atom is 0.251 e. The Labute approximate surface area is 157 Å². The van der Waals surface area contributed by atoms with Crippen molar-refractivity contribution in [2.24, 2.45) is 11.7 Å². The Hall–Kier alpha value is -0.980. The maximum absolute atomic E-state index is 12.6. The van der Waals surface area contributed by atoms with Gasteiger partial charge in [0.25, 0.3) is 5.91 Å². The fraction of sp³-hybridized carbons (Fsp3) is 0.588. The van der Waals surface area contributed by atoms with Gasteiger partial charge in [-0.25, -0.2) is 0 Å². The molecule has 0 bridgehead atoms. The Morgan fingerprint density at radius 1 is 1.25 bits per heavy atom. The van der Waals surface area contributed by atoms with E-state index in [2.05, 4.69) is 21.2 Å². The van der Waals surface area contributed by atoms with Crippen molar-refractivity contribution in [2.75, 3.05) is 19.8 Å². The minimum Gasteiger partial charge on any atom is -0.486 e. The van der Waals surface area contributed by atoms with E-state index in [1.807, 2.05) is 0 Å². The lowest BCUT2D eigenvalue weighted by Gasteiger charge is -2.30. The number of carbonyl (C=O) groups is 1. The van der Waals surface area contributed by atoms with Crippen LogP contribution >= 0.6 is 28.3 Å². The molecular weight excluding hydrogens is 396 g/mol. The molecule has 0 saturated heterocycles. The first-order valence-corrected chi connectivity index (χ1v) is 9.08. The minimum absolute atomic E-state index is 0. The molecule has 0 radical (unpaired) electrons. The summed E-state index contributed by atoms with van der Waals surface area (Å²) in [6.07, 6.45) is 6.04. The van der Waals surface area contributed by atoms with Gasteiger partial charge in [0.05, 0.1) is 4.47 Å². The molecule has 1 heterocycles. The van der Waals surface area contributed by atoms with E-state index in [1.165, 1.54) is 19.3 Å². The molecular formula is C17H24BrClN2O3. The van der Waals surface area contributed by atoms with Gasteiger partial charge in [0.2, 0.25) is 0 Å². The summed E-state index contributed by atoms with van der Waals surface area (Å²) in [7, 11) is 0. The fourth-order valence-electron chi connectivity index (χ4n) is 3.40. The molecule has 1 aliphatic carbocycles. The number of ether oxygens (including phenoxy) is 2. The van der Waals surface area contributed by atoms with Crippen molar-refractivity contribution in [3.8, 4) is 11.5 Å². The van der Waals surface area contributed by atoms with Crippen molar-refractivity contribution in [1.82, 2.24) is 5.32 Å². The molecule has 5 nitrogen and oxygen atoms in total. The normalized spacial score (nSPS) is 18.4. The van der Waals surface area contributed by atoms with Crippen molar-refractivity contribution >= 4 is 34.2 Å². The van der Waals surface area contributed by atoms with Gasteiger partial charge in [-0.2, -0.15) is 0 Å². The van der Waals surface area contributed by atoms with Crippen molar-refractivity contribution in [3.63, 3.8) is 0 Å². The molecule has 7 heteroatoms. The molecule has 1 atom stereocenters. The topological polar surface area (TPSA) is 73.6 Å². The van der Waals surface area contributed by atoms with Crippen molar-refractivity contribution in [1.29, 1.82) is 0 Å². The largest absolute Gasteiger partial charge is 0.486 e. The summed E-state index contributed by atoms with van der Waals surface area (Å²) in [5.41, 5.74) is 6.47. The van der Waals surface area contributed by atoms with E-state index >= 15 is 0 Å². The molecule has 1 aromatic carbocycles. The quantitative estimate of drug-likeness (QED) is 0.785. The first-order chi connectivity index (χ1) is 11.2. The summed E-state index contributed by atoms with van der Waals surface area (Å²) in [6, 6.07) is 3.55. The van der Waals surface area contributed by atoms with Crippen molar-refractivity contribution < 1.29 is 14.3 Å². The predicted molar refractivity (Wildman–Crippen MR) is 99.3 cm³/mol. The highest BCUT2D eigenvalue weighted by atomic mass is 79.9. The predicted octanol–water partition coefficient (Wildman–Crippen LogP) is 3.28. The number of nitrogens with one attached hydrogen (secondary N) is 1. The molecule has 1 saturated carbocycles. The molecule has 1 aromatic rings. The third kappa shape index (κ3) is 4.35. The summed E-state index contributed by atoms with van der Waals surface area (Å²) >= 11 is 3.45. The average Bonchev–Trinajstić information content (AvgIpc) is 2.60. The summed E-state index contributed by atoms with van der Waals surface area (Å²) in [4.78, 5) is 12.6. The SMILES string of the molecule is Cl.NCC(NC(=O)c1cc(Br)c2c(c1)OCCO2)C1CCCCC1. The first-order valence-electron chi connectivity index (χ1n) is 8.29. The lowest BCUT2D eigenvalue weighted by atomic mass is 9.84. The second-order valence-corrected chi connectivity index (χ2v) is 7.05. The molecule has 1 aliphatic heterocycles. The van der Waals surface area contributed by atoms with Crippen LogP contribution in [0.15, 0.2) is 16.6 Å². The highest BCUT2D eigenvalue weighted by Gasteiger charge is 2.25. The third-order valence-corrected chi connectivity index (χ3v) is 5.24. The molecule has 0 aromatic heterocycles. The Kier molecular flexibility index (Phi) is 7.19. The van der Waals surface area contributed by atoms with Crippen LogP contribution in [0.3, 0.4) is 0 Å². The van der Waals surface area contributed by atoms with Gasteiger partial charge >= 0.3 is 0 Å². The minimum atomic E-state index is -0.108. The Bertz CT molecular complexity index is 579. The molecule has 24 heavy (non-hydrogen) atoms. The summed E-state index contributed by atoms with van der Waals surface area (Å²) in [5, 5.41) is 3.11. The average molecular weight is 420 g/mol. The number of amides is 1. The number of nitrogens with two attached hydrogens (primary N) is 1.